The second-order valence-electron chi connectivity index (χ2n) is 2.28. The Hall–Kier alpha value is -0.280. The van der Waals surface area contributed by atoms with E-state index >= 15 is 0 Å². The summed E-state index contributed by atoms with van der Waals surface area (Å²) in [7, 11) is 1.91. The van der Waals surface area contributed by atoms with Gasteiger partial charge in [0, 0.05) is 6.92 Å². The highest BCUT2D eigenvalue weighted by Gasteiger charge is 2.08. The van der Waals surface area contributed by atoms with E-state index in [1.54, 1.807) is 0 Å². The summed E-state index contributed by atoms with van der Waals surface area (Å²) in [5, 5.41) is 0. The molecule has 0 saturated heterocycles. The lowest BCUT2D eigenvalue weighted by Gasteiger charge is -2.21. The van der Waals surface area contributed by atoms with Crippen LogP contribution in [0.4, 0.5) is 0 Å². The molecule has 0 aromatic rings. The van der Waals surface area contributed by atoms with Gasteiger partial charge >= 0.3 is 5.97 Å². The summed E-state index contributed by atoms with van der Waals surface area (Å²) in [6.07, 6.45) is -0.109. The summed E-state index contributed by atoms with van der Waals surface area (Å²) in [5.41, 5.74) is 0. The standard InChI is InChI=1S/C7H15NO2.ClH/c1-5-8(4)6(2)10-7(3)9;/h6H,5H2,1-4H3;1H. The Bertz CT molecular complexity index is 119. The van der Waals surface area contributed by atoms with Gasteiger partial charge in [-0.2, -0.15) is 0 Å². The van der Waals surface area contributed by atoms with Crippen molar-refractivity contribution in [2.45, 2.75) is 27.0 Å². The highest BCUT2D eigenvalue weighted by Crippen LogP contribution is 1.96. The number of carbonyl (C=O) groups is 1. The van der Waals surface area contributed by atoms with Gasteiger partial charge in [-0.25, -0.2) is 0 Å². The second kappa shape index (κ2) is 6.43. The maximum atomic E-state index is 10.4. The number of rotatable bonds is 3. The zero-order chi connectivity index (χ0) is 8.15. The topological polar surface area (TPSA) is 29.5 Å². The van der Waals surface area contributed by atoms with Crippen LogP contribution in [0, 0.1) is 0 Å². The molecule has 0 aliphatic rings. The van der Waals surface area contributed by atoms with E-state index in [-0.39, 0.29) is 24.6 Å². The maximum Gasteiger partial charge on any atom is 0.304 e. The fourth-order valence-corrected chi connectivity index (χ4v) is 0.587. The predicted octanol–water partition coefficient (Wildman–Crippen LogP) is 1.27. The molecule has 1 unspecified atom stereocenters. The van der Waals surface area contributed by atoms with E-state index in [9.17, 15) is 4.79 Å². The van der Waals surface area contributed by atoms with Gasteiger partial charge in [0.15, 0.2) is 6.23 Å². The molecule has 0 aromatic heterocycles. The van der Waals surface area contributed by atoms with E-state index in [1.807, 2.05) is 25.8 Å². The molecule has 0 fully saturated rings. The number of hydrogen-bond acceptors (Lipinski definition) is 3. The number of nitrogens with zero attached hydrogens (tertiary/aromatic N) is 1. The van der Waals surface area contributed by atoms with Gasteiger partial charge in [0.05, 0.1) is 0 Å². The van der Waals surface area contributed by atoms with Crippen LogP contribution in [0.3, 0.4) is 0 Å². The maximum absolute atomic E-state index is 10.4. The molecule has 0 heterocycles. The monoisotopic (exact) mass is 181 g/mol. The van der Waals surface area contributed by atoms with Crippen LogP contribution >= 0.6 is 12.4 Å². The summed E-state index contributed by atoms with van der Waals surface area (Å²) in [6.45, 7) is 6.17. The highest BCUT2D eigenvalue weighted by atomic mass is 35.5. The van der Waals surface area contributed by atoms with Crippen LogP contribution in [-0.2, 0) is 9.53 Å². The third kappa shape index (κ3) is 6.13. The average molecular weight is 182 g/mol. The molecule has 0 saturated carbocycles. The average Bonchev–Trinajstić information content (AvgIpc) is 1.85. The van der Waals surface area contributed by atoms with Crippen LogP contribution in [0.25, 0.3) is 0 Å². The quantitative estimate of drug-likeness (QED) is 0.485. The van der Waals surface area contributed by atoms with E-state index in [0.29, 0.717) is 0 Å². The number of carbonyl (C=O) groups excluding carboxylic acids is 1. The molecule has 0 bridgehead atoms. The molecule has 0 rings (SSSR count). The van der Waals surface area contributed by atoms with E-state index in [2.05, 4.69) is 0 Å². The van der Waals surface area contributed by atoms with Gasteiger partial charge < -0.3 is 4.74 Å². The molecular formula is C7H16ClNO2. The van der Waals surface area contributed by atoms with Crippen molar-refractivity contribution in [2.24, 2.45) is 0 Å². The molecule has 4 heteroatoms. The molecule has 68 valence electrons. The van der Waals surface area contributed by atoms with Crippen molar-refractivity contribution in [2.75, 3.05) is 13.6 Å². The Morgan fingerprint density at radius 1 is 1.64 bits per heavy atom. The SMILES string of the molecule is CCN(C)C(C)OC(C)=O.Cl. The van der Waals surface area contributed by atoms with Crippen molar-refractivity contribution in [1.82, 2.24) is 4.90 Å². The first kappa shape index (κ1) is 13.3. The van der Waals surface area contributed by atoms with Gasteiger partial charge in [-0.05, 0) is 20.5 Å². The minimum atomic E-state index is -0.229. The highest BCUT2D eigenvalue weighted by molar-refractivity contribution is 5.85. The molecule has 0 aromatic carbocycles. The summed E-state index contributed by atoms with van der Waals surface area (Å²) < 4.78 is 4.89. The summed E-state index contributed by atoms with van der Waals surface area (Å²) in [6, 6.07) is 0. The van der Waals surface area contributed by atoms with Crippen molar-refractivity contribution in [3.63, 3.8) is 0 Å². The van der Waals surface area contributed by atoms with Crippen molar-refractivity contribution < 1.29 is 9.53 Å². The zero-order valence-electron chi connectivity index (χ0n) is 7.46. The van der Waals surface area contributed by atoms with E-state index < -0.39 is 0 Å². The Labute approximate surface area is 74.1 Å². The summed E-state index contributed by atoms with van der Waals surface area (Å²) in [4.78, 5) is 12.4. The van der Waals surface area contributed by atoms with Crippen LogP contribution in [0.5, 0.6) is 0 Å². The lowest BCUT2D eigenvalue weighted by Crippen LogP contribution is -2.32. The predicted molar refractivity (Wildman–Crippen MR) is 46.8 cm³/mol. The van der Waals surface area contributed by atoms with E-state index in [1.165, 1.54) is 6.92 Å². The van der Waals surface area contributed by atoms with Gasteiger partial charge in [0.2, 0.25) is 0 Å². The Balaban J connectivity index is 0. The fraction of sp³-hybridized carbons (Fsp3) is 0.857. The molecule has 0 aliphatic heterocycles. The Morgan fingerprint density at radius 2 is 2.09 bits per heavy atom. The Kier molecular flexibility index (Phi) is 7.79. The lowest BCUT2D eigenvalue weighted by molar-refractivity contribution is -0.153. The van der Waals surface area contributed by atoms with Crippen LogP contribution in [0.1, 0.15) is 20.8 Å². The second-order valence-corrected chi connectivity index (χ2v) is 2.28. The van der Waals surface area contributed by atoms with E-state index in [0.717, 1.165) is 6.54 Å². The van der Waals surface area contributed by atoms with Gasteiger partial charge in [0.1, 0.15) is 0 Å². The molecule has 1 atom stereocenters. The largest absolute Gasteiger partial charge is 0.447 e. The third-order valence-electron chi connectivity index (χ3n) is 1.46. The summed E-state index contributed by atoms with van der Waals surface area (Å²) in [5.74, 6) is -0.229. The number of halogens is 1. The molecule has 0 radical (unpaired) electrons. The first-order chi connectivity index (χ1) is 4.57. The first-order valence-electron chi connectivity index (χ1n) is 3.45. The zero-order valence-corrected chi connectivity index (χ0v) is 8.27. The van der Waals surface area contributed by atoms with Crippen LogP contribution in [0.15, 0.2) is 0 Å². The van der Waals surface area contributed by atoms with Gasteiger partial charge in [-0.15, -0.1) is 12.4 Å². The number of esters is 1. The minimum Gasteiger partial charge on any atom is -0.447 e. The van der Waals surface area contributed by atoms with Crippen LogP contribution < -0.4 is 0 Å². The van der Waals surface area contributed by atoms with Crippen molar-refractivity contribution in [3.05, 3.63) is 0 Å². The van der Waals surface area contributed by atoms with E-state index in [4.69, 9.17) is 4.74 Å². The third-order valence-corrected chi connectivity index (χ3v) is 1.46. The molecule has 0 aliphatic carbocycles. The number of ether oxygens (including phenoxy) is 1. The van der Waals surface area contributed by atoms with Crippen LogP contribution in [-0.4, -0.2) is 30.7 Å². The minimum absolute atomic E-state index is 0. The molecule has 3 nitrogen and oxygen atoms in total. The molecular weight excluding hydrogens is 166 g/mol. The van der Waals surface area contributed by atoms with Gasteiger partial charge in [-0.1, -0.05) is 6.92 Å². The number of hydrogen-bond donors (Lipinski definition) is 0. The fourth-order valence-electron chi connectivity index (χ4n) is 0.587. The normalized spacial score (nSPS) is 12.1. The Morgan fingerprint density at radius 3 is 2.36 bits per heavy atom. The van der Waals surface area contributed by atoms with Gasteiger partial charge in [-0.3, -0.25) is 9.69 Å². The van der Waals surface area contributed by atoms with Crippen LogP contribution in [0.2, 0.25) is 0 Å². The molecule has 11 heavy (non-hydrogen) atoms. The summed E-state index contributed by atoms with van der Waals surface area (Å²) >= 11 is 0. The van der Waals surface area contributed by atoms with Crippen molar-refractivity contribution >= 4 is 18.4 Å². The van der Waals surface area contributed by atoms with Crippen molar-refractivity contribution in [3.8, 4) is 0 Å². The molecule has 0 spiro atoms. The lowest BCUT2D eigenvalue weighted by atomic mass is 10.5. The first-order valence-corrected chi connectivity index (χ1v) is 3.45. The molecule has 0 N–H and O–H groups in total. The van der Waals surface area contributed by atoms with Gasteiger partial charge in [0.25, 0.3) is 0 Å². The smallest absolute Gasteiger partial charge is 0.304 e. The van der Waals surface area contributed by atoms with Crippen molar-refractivity contribution in [1.29, 1.82) is 0 Å². The molecule has 0 amide bonds.